The monoisotopic (exact) mass is 249 g/mol. The minimum Gasteiger partial charge on any atom is -0.327 e. The molecule has 0 aliphatic carbocycles. The van der Waals surface area contributed by atoms with E-state index in [2.05, 4.69) is 5.32 Å². The lowest BCUT2D eigenvalue weighted by molar-refractivity contribution is -0.116. The summed E-state index contributed by atoms with van der Waals surface area (Å²) in [5, 5.41) is 11.3. The first kappa shape index (κ1) is 14.1. The smallest absolute Gasteiger partial charge is 0.225 e. The highest BCUT2D eigenvalue weighted by Crippen LogP contribution is 2.20. The first-order valence-electron chi connectivity index (χ1n) is 5.73. The molecule has 0 fully saturated rings. The molecular weight excluding hydrogens is 233 g/mol. The van der Waals surface area contributed by atoms with E-state index in [4.69, 9.17) is 11.0 Å². The molecule has 96 valence electrons. The molecule has 1 aromatic rings. The van der Waals surface area contributed by atoms with E-state index in [-0.39, 0.29) is 23.9 Å². The Balaban J connectivity index is 2.88. The van der Waals surface area contributed by atoms with Crippen LogP contribution in [0.5, 0.6) is 0 Å². The maximum absolute atomic E-state index is 13.5. The van der Waals surface area contributed by atoms with Gasteiger partial charge in [0.2, 0.25) is 5.91 Å². The molecule has 1 rings (SSSR count). The maximum Gasteiger partial charge on any atom is 0.225 e. The Bertz CT molecular complexity index is 494. The van der Waals surface area contributed by atoms with E-state index in [1.807, 2.05) is 13.0 Å². The van der Waals surface area contributed by atoms with E-state index < -0.39 is 5.82 Å². The number of rotatable bonds is 4. The number of nitriles is 1. The van der Waals surface area contributed by atoms with E-state index in [0.717, 1.165) is 6.07 Å². The van der Waals surface area contributed by atoms with Gasteiger partial charge in [0, 0.05) is 23.7 Å². The summed E-state index contributed by atoms with van der Waals surface area (Å²) >= 11 is 0. The third-order valence-electron chi connectivity index (χ3n) is 2.72. The number of hydrogen-bond acceptors (Lipinski definition) is 3. The number of anilines is 1. The first-order valence-corrected chi connectivity index (χ1v) is 5.73. The van der Waals surface area contributed by atoms with Crippen LogP contribution in [0, 0.1) is 24.1 Å². The molecule has 18 heavy (non-hydrogen) atoms. The van der Waals surface area contributed by atoms with Crippen molar-refractivity contribution in [3.63, 3.8) is 0 Å². The number of nitrogens with zero attached hydrogens (tertiary/aromatic N) is 1. The number of benzene rings is 1. The highest BCUT2D eigenvalue weighted by Gasteiger charge is 2.12. The Morgan fingerprint density at radius 3 is 2.83 bits per heavy atom. The molecule has 1 amide bonds. The lowest BCUT2D eigenvalue weighted by Crippen LogP contribution is -2.26. The van der Waals surface area contributed by atoms with Crippen molar-refractivity contribution in [2.24, 2.45) is 5.73 Å². The highest BCUT2D eigenvalue weighted by atomic mass is 19.1. The average molecular weight is 249 g/mol. The van der Waals surface area contributed by atoms with Gasteiger partial charge in [0.1, 0.15) is 5.82 Å². The van der Waals surface area contributed by atoms with Gasteiger partial charge in [0.15, 0.2) is 0 Å². The number of nitrogens with one attached hydrogen (secondary N) is 1. The molecule has 1 unspecified atom stereocenters. The summed E-state index contributed by atoms with van der Waals surface area (Å²) in [5.74, 6) is -0.786. The van der Waals surface area contributed by atoms with Crippen LogP contribution in [0.3, 0.4) is 0 Å². The van der Waals surface area contributed by atoms with Gasteiger partial charge in [-0.15, -0.1) is 0 Å². The summed E-state index contributed by atoms with van der Waals surface area (Å²) in [4.78, 5) is 11.6. The Morgan fingerprint density at radius 2 is 2.28 bits per heavy atom. The van der Waals surface area contributed by atoms with Crippen LogP contribution in [0.4, 0.5) is 10.1 Å². The molecule has 0 heterocycles. The van der Waals surface area contributed by atoms with Crippen LogP contribution >= 0.6 is 0 Å². The van der Waals surface area contributed by atoms with E-state index in [9.17, 15) is 9.18 Å². The largest absolute Gasteiger partial charge is 0.327 e. The predicted octanol–water partition coefficient (Wildman–Crippen LogP) is 2.07. The Kier molecular flexibility index (Phi) is 4.81. The van der Waals surface area contributed by atoms with E-state index in [1.54, 1.807) is 6.92 Å². The topological polar surface area (TPSA) is 78.9 Å². The summed E-state index contributed by atoms with van der Waals surface area (Å²) in [6, 6.07) is 4.22. The van der Waals surface area contributed by atoms with Gasteiger partial charge in [-0.1, -0.05) is 6.92 Å². The zero-order valence-electron chi connectivity index (χ0n) is 10.5. The van der Waals surface area contributed by atoms with Crippen molar-refractivity contribution < 1.29 is 9.18 Å². The van der Waals surface area contributed by atoms with Crippen LogP contribution in [-0.2, 0) is 4.79 Å². The van der Waals surface area contributed by atoms with Gasteiger partial charge in [0.05, 0.1) is 11.6 Å². The van der Waals surface area contributed by atoms with Gasteiger partial charge in [-0.25, -0.2) is 4.39 Å². The molecule has 0 aromatic heterocycles. The van der Waals surface area contributed by atoms with Crippen LogP contribution in [0.25, 0.3) is 0 Å². The summed E-state index contributed by atoms with van der Waals surface area (Å²) in [5.41, 5.74) is 6.47. The molecule has 0 bridgehead atoms. The van der Waals surface area contributed by atoms with Crippen molar-refractivity contribution in [2.75, 3.05) is 5.32 Å². The van der Waals surface area contributed by atoms with Crippen molar-refractivity contribution >= 4 is 11.6 Å². The van der Waals surface area contributed by atoms with Crippen LogP contribution in [0.15, 0.2) is 12.1 Å². The van der Waals surface area contributed by atoms with Crippen molar-refractivity contribution in [1.29, 1.82) is 5.26 Å². The minimum atomic E-state index is -0.510. The van der Waals surface area contributed by atoms with Crippen LogP contribution in [0.1, 0.15) is 30.9 Å². The highest BCUT2D eigenvalue weighted by molar-refractivity contribution is 5.92. The Hall–Kier alpha value is -1.93. The van der Waals surface area contributed by atoms with Gasteiger partial charge in [-0.3, -0.25) is 4.79 Å². The second-order valence-electron chi connectivity index (χ2n) is 4.16. The molecule has 1 aromatic carbocycles. The molecular formula is C13H16FN3O. The third kappa shape index (κ3) is 3.54. The molecule has 1 atom stereocenters. The SMILES string of the molecule is CCC(N)CC(=O)Nc1cc(C#N)cc(F)c1C. The Labute approximate surface area is 106 Å². The van der Waals surface area contributed by atoms with Crippen molar-refractivity contribution in [1.82, 2.24) is 0 Å². The molecule has 3 N–H and O–H groups in total. The molecule has 0 aliphatic heterocycles. The van der Waals surface area contributed by atoms with Gasteiger partial charge in [-0.2, -0.15) is 5.26 Å². The molecule has 4 nitrogen and oxygen atoms in total. The Morgan fingerprint density at radius 1 is 1.61 bits per heavy atom. The van der Waals surface area contributed by atoms with Gasteiger partial charge in [-0.05, 0) is 25.5 Å². The molecule has 0 aliphatic rings. The fraction of sp³-hybridized carbons (Fsp3) is 0.385. The second-order valence-corrected chi connectivity index (χ2v) is 4.16. The summed E-state index contributed by atoms with van der Waals surface area (Å²) in [7, 11) is 0. The quantitative estimate of drug-likeness (QED) is 0.857. The number of carbonyl (C=O) groups is 1. The van der Waals surface area contributed by atoms with Crippen LogP contribution in [0.2, 0.25) is 0 Å². The van der Waals surface area contributed by atoms with Gasteiger partial charge in [0.25, 0.3) is 0 Å². The second kappa shape index (κ2) is 6.12. The standard InChI is InChI=1S/C13H16FN3O/c1-3-10(16)6-13(18)17-12-5-9(7-15)4-11(14)8(12)2/h4-5,10H,3,6,16H2,1-2H3,(H,17,18). The van der Waals surface area contributed by atoms with E-state index in [1.165, 1.54) is 6.07 Å². The fourth-order valence-corrected chi connectivity index (χ4v) is 1.46. The molecule has 0 saturated carbocycles. The lowest BCUT2D eigenvalue weighted by atomic mass is 10.1. The number of carbonyl (C=O) groups excluding carboxylic acids is 1. The zero-order valence-corrected chi connectivity index (χ0v) is 10.5. The number of hydrogen-bond donors (Lipinski definition) is 2. The number of halogens is 1. The van der Waals surface area contributed by atoms with Crippen LogP contribution < -0.4 is 11.1 Å². The van der Waals surface area contributed by atoms with E-state index in [0.29, 0.717) is 17.7 Å². The van der Waals surface area contributed by atoms with Gasteiger partial charge < -0.3 is 11.1 Å². The van der Waals surface area contributed by atoms with Crippen LogP contribution in [-0.4, -0.2) is 11.9 Å². The first-order chi connectivity index (χ1) is 8.47. The van der Waals surface area contributed by atoms with Crippen molar-refractivity contribution in [3.05, 3.63) is 29.1 Å². The normalized spacial score (nSPS) is 11.7. The van der Waals surface area contributed by atoms with E-state index >= 15 is 0 Å². The molecule has 0 radical (unpaired) electrons. The third-order valence-corrected chi connectivity index (χ3v) is 2.72. The molecule has 5 heteroatoms. The summed E-state index contributed by atoms with van der Waals surface area (Å²) in [6.45, 7) is 3.44. The van der Waals surface area contributed by atoms with Crippen molar-refractivity contribution in [2.45, 2.75) is 32.7 Å². The number of nitrogens with two attached hydrogens (primary N) is 1. The maximum atomic E-state index is 13.5. The molecule has 0 spiro atoms. The fourth-order valence-electron chi connectivity index (χ4n) is 1.46. The molecule has 0 saturated heterocycles. The number of amides is 1. The summed E-state index contributed by atoms with van der Waals surface area (Å²) in [6.07, 6.45) is 0.868. The minimum absolute atomic E-state index is 0.174. The predicted molar refractivity (Wildman–Crippen MR) is 67.4 cm³/mol. The van der Waals surface area contributed by atoms with Crippen molar-refractivity contribution in [3.8, 4) is 6.07 Å². The average Bonchev–Trinajstić information content (AvgIpc) is 2.34. The lowest BCUT2D eigenvalue weighted by Gasteiger charge is -2.12. The zero-order chi connectivity index (χ0) is 13.7. The summed E-state index contributed by atoms with van der Waals surface area (Å²) < 4.78 is 13.5. The van der Waals surface area contributed by atoms with Gasteiger partial charge >= 0.3 is 0 Å².